The fourth-order valence-electron chi connectivity index (χ4n) is 3.08. The lowest BCUT2D eigenvalue weighted by Gasteiger charge is -2.26. The third kappa shape index (κ3) is 3.04. The van der Waals surface area contributed by atoms with Crippen molar-refractivity contribution in [3.63, 3.8) is 0 Å². The molecule has 120 valence electrons. The molecule has 1 aromatic rings. The molecule has 7 heteroatoms. The van der Waals surface area contributed by atoms with Crippen molar-refractivity contribution in [3.8, 4) is 0 Å². The number of sulfone groups is 1. The molecular formula is C14H25N3O2S2. The van der Waals surface area contributed by atoms with Crippen molar-refractivity contribution in [2.45, 2.75) is 51.3 Å². The zero-order valence-electron chi connectivity index (χ0n) is 13.1. The molecule has 1 aliphatic rings. The molecule has 0 aliphatic carbocycles. The van der Waals surface area contributed by atoms with Crippen LogP contribution in [0.1, 0.15) is 46.5 Å². The molecule has 0 unspecified atom stereocenters. The predicted octanol–water partition coefficient (Wildman–Crippen LogP) is 2.93. The van der Waals surface area contributed by atoms with Gasteiger partial charge >= 0.3 is 0 Å². The van der Waals surface area contributed by atoms with Crippen molar-refractivity contribution < 1.29 is 8.42 Å². The predicted molar refractivity (Wildman–Crippen MR) is 88.7 cm³/mol. The minimum atomic E-state index is -3.34. The van der Waals surface area contributed by atoms with Gasteiger partial charge in [0.2, 0.25) is 0 Å². The summed E-state index contributed by atoms with van der Waals surface area (Å²) in [6.07, 6.45) is 3.92. The Morgan fingerprint density at radius 1 is 1.33 bits per heavy atom. The van der Waals surface area contributed by atoms with E-state index < -0.39 is 9.84 Å². The molecule has 0 bridgehead atoms. The van der Waals surface area contributed by atoms with Crippen LogP contribution in [0.2, 0.25) is 0 Å². The highest BCUT2D eigenvalue weighted by molar-refractivity contribution is 7.91. The highest BCUT2D eigenvalue weighted by Gasteiger charge is 2.38. The first kappa shape index (κ1) is 16.5. The molecule has 1 fully saturated rings. The first-order chi connectivity index (χ1) is 9.89. The molecule has 5 nitrogen and oxygen atoms in total. The van der Waals surface area contributed by atoms with Crippen molar-refractivity contribution in [2.24, 2.45) is 5.41 Å². The largest absolute Gasteiger partial charge is 0.382 e. The summed E-state index contributed by atoms with van der Waals surface area (Å²) in [7, 11) is -3.34. The Balaban J connectivity index is 2.35. The van der Waals surface area contributed by atoms with Gasteiger partial charge in [0.25, 0.3) is 0 Å². The van der Waals surface area contributed by atoms with Gasteiger partial charge in [0.1, 0.15) is 9.90 Å². The summed E-state index contributed by atoms with van der Waals surface area (Å²) in [5.41, 5.74) is 6.15. The normalized spacial score (nSPS) is 18.3. The van der Waals surface area contributed by atoms with Gasteiger partial charge in [0.15, 0.2) is 15.7 Å². The number of hydrogen-bond acceptors (Lipinski definition) is 6. The SMILES string of the molecule is CCCS(=O)(=O)c1c(N)nsc1N1CCC(CC)(CC)C1. The first-order valence-electron chi connectivity index (χ1n) is 7.62. The van der Waals surface area contributed by atoms with E-state index in [0.29, 0.717) is 11.8 Å². The Morgan fingerprint density at radius 2 is 2.00 bits per heavy atom. The Morgan fingerprint density at radius 3 is 2.52 bits per heavy atom. The summed E-state index contributed by atoms with van der Waals surface area (Å²) in [6, 6.07) is 0. The van der Waals surface area contributed by atoms with E-state index >= 15 is 0 Å². The van der Waals surface area contributed by atoms with Crippen molar-refractivity contribution in [2.75, 3.05) is 29.5 Å². The summed E-state index contributed by atoms with van der Waals surface area (Å²) >= 11 is 1.22. The van der Waals surface area contributed by atoms with E-state index in [9.17, 15) is 8.42 Å². The van der Waals surface area contributed by atoms with Crippen molar-refractivity contribution in [1.29, 1.82) is 0 Å². The highest BCUT2D eigenvalue weighted by Crippen LogP contribution is 2.43. The monoisotopic (exact) mass is 331 g/mol. The van der Waals surface area contributed by atoms with Crippen LogP contribution >= 0.6 is 11.5 Å². The third-order valence-corrected chi connectivity index (χ3v) is 7.69. The standard InChI is InChI=1S/C14H25N3O2S2/c1-4-9-21(18,19)11-12(15)16-20-13(11)17-8-7-14(5-2,6-3)10-17/h4-10H2,1-3H3,(H2,15,16). The molecule has 0 radical (unpaired) electrons. The molecule has 1 saturated heterocycles. The van der Waals surface area contributed by atoms with Crippen LogP contribution in [-0.2, 0) is 9.84 Å². The van der Waals surface area contributed by atoms with Gasteiger partial charge in [0, 0.05) is 13.1 Å². The lowest BCUT2D eigenvalue weighted by molar-refractivity contribution is 0.301. The van der Waals surface area contributed by atoms with Gasteiger partial charge in [-0.15, -0.1) is 0 Å². The Labute approximate surface area is 131 Å². The van der Waals surface area contributed by atoms with Crippen LogP contribution < -0.4 is 10.6 Å². The fraction of sp³-hybridized carbons (Fsp3) is 0.786. The van der Waals surface area contributed by atoms with Gasteiger partial charge in [-0.25, -0.2) is 8.42 Å². The molecule has 2 heterocycles. The second-order valence-electron chi connectivity index (χ2n) is 5.90. The number of aromatic nitrogens is 1. The Hall–Kier alpha value is -0.820. The van der Waals surface area contributed by atoms with Crippen LogP contribution in [0.25, 0.3) is 0 Å². The molecule has 1 aromatic heterocycles. The second kappa shape index (κ2) is 6.12. The molecule has 2 rings (SSSR count). The maximum atomic E-state index is 12.5. The summed E-state index contributed by atoms with van der Waals surface area (Å²) in [4.78, 5) is 2.43. The van der Waals surface area contributed by atoms with E-state index in [1.54, 1.807) is 0 Å². The van der Waals surface area contributed by atoms with E-state index in [1.165, 1.54) is 11.5 Å². The molecule has 1 aliphatic heterocycles. The molecular weight excluding hydrogens is 306 g/mol. The molecule has 0 amide bonds. The number of hydrogen-bond donors (Lipinski definition) is 1. The van der Waals surface area contributed by atoms with Crippen LogP contribution in [0, 0.1) is 5.41 Å². The Kier molecular flexibility index (Phi) is 4.82. The number of anilines is 2. The number of nitrogen functional groups attached to an aromatic ring is 1. The van der Waals surface area contributed by atoms with E-state index in [2.05, 4.69) is 23.1 Å². The molecule has 2 N–H and O–H groups in total. The van der Waals surface area contributed by atoms with Gasteiger partial charge in [-0.3, -0.25) is 0 Å². The fourth-order valence-corrected chi connectivity index (χ4v) is 5.87. The molecule has 0 saturated carbocycles. The van der Waals surface area contributed by atoms with Crippen LogP contribution in [0.15, 0.2) is 4.90 Å². The summed E-state index contributed by atoms with van der Waals surface area (Å²) in [6.45, 7) is 8.07. The average molecular weight is 332 g/mol. The van der Waals surface area contributed by atoms with Gasteiger partial charge in [-0.1, -0.05) is 20.8 Å². The van der Waals surface area contributed by atoms with Gasteiger partial charge in [-0.2, -0.15) is 4.37 Å². The van der Waals surface area contributed by atoms with Gasteiger partial charge in [-0.05, 0) is 42.6 Å². The first-order valence-corrected chi connectivity index (χ1v) is 10.0. The minimum absolute atomic E-state index is 0.128. The smallest absolute Gasteiger partial charge is 0.185 e. The molecule has 0 spiro atoms. The Bertz CT molecular complexity index is 591. The molecule has 21 heavy (non-hydrogen) atoms. The zero-order valence-corrected chi connectivity index (χ0v) is 14.7. The van der Waals surface area contributed by atoms with Crippen molar-refractivity contribution >= 4 is 32.2 Å². The zero-order chi connectivity index (χ0) is 15.7. The summed E-state index contributed by atoms with van der Waals surface area (Å²) in [5, 5.41) is 0.740. The number of nitrogens with two attached hydrogens (primary N) is 1. The number of nitrogens with zero attached hydrogens (tertiary/aromatic N) is 2. The van der Waals surface area contributed by atoms with Gasteiger partial charge in [0.05, 0.1) is 5.75 Å². The quantitative estimate of drug-likeness (QED) is 0.867. The number of rotatable bonds is 6. The summed E-state index contributed by atoms with van der Waals surface area (Å²) < 4.78 is 29.0. The van der Waals surface area contributed by atoms with Gasteiger partial charge < -0.3 is 10.6 Å². The van der Waals surface area contributed by atoms with E-state index in [0.717, 1.165) is 37.4 Å². The van der Waals surface area contributed by atoms with Crippen LogP contribution in [0.3, 0.4) is 0 Å². The third-order valence-electron chi connectivity index (χ3n) is 4.67. The van der Waals surface area contributed by atoms with E-state index in [4.69, 9.17) is 5.73 Å². The lowest BCUT2D eigenvalue weighted by atomic mass is 9.82. The van der Waals surface area contributed by atoms with Crippen LogP contribution in [-0.4, -0.2) is 31.6 Å². The van der Waals surface area contributed by atoms with E-state index in [1.807, 2.05) is 6.92 Å². The maximum Gasteiger partial charge on any atom is 0.185 e. The minimum Gasteiger partial charge on any atom is -0.382 e. The van der Waals surface area contributed by atoms with Crippen LogP contribution in [0.4, 0.5) is 10.8 Å². The molecule has 0 aromatic carbocycles. The van der Waals surface area contributed by atoms with Crippen LogP contribution in [0.5, 0.6) is 0 Å². The van der Waals surface area contributed by atoms with Crippen molar-refractivity contribution in [1.82, 2.24) is 4.37 Å². The second-order valence-corrected chi connectivity index (χ2v) is 8.70. The molecule has 0 atom stereocenters. The van der Waals surface area contributed by atoms with Crippen molar-refractivity contribution in [3.05, 3.63) is 0 Å². The highest BCUT2D eigenvalue weighted by atomic mass is 32.2. The topological polar surface area (TPSA) is 76.3 Å². The average Bonchev–Trinajstić information content (AvgIpc) is 3.03. The lowest BCUT2D eigenvalue weighted by Crippen LogP contribution is -2.26. The maximum absolute atomic E-state index is 12.5. The van der Waals surface area contributed by atoms with E-state index in [-0.39, 0.29) is 16.5 Å². The summed E-state index contributed by atoms with van der Waals surface area (Å²) in [5.74, 6) is 0.289.